The fourth-order valence-corrected chi connectivity index (χ4v) is 2.45. The van der Waals surface area contributed by atoms with Crippen LogP contribution in [0.2, 0.25) is 5.02 Å². The summed E-state index contributed by atoms with van der Waals surface area (Å²) in [6.07, 6.45) is 1.31. The van der Waals surface area contributed by atoms with Crippen LogP contribution in [0.25, 0.3) is 0 Å². The largest absolute Gasteiger partial charge is 0.494 e. The molecule has 2 rings (SSSR count). The molecular formula is C20H23ClN2O3. The van der Waals surface area contributed by atoms with Gasteiger partial charge < -0.3 is 15.4 Å². The Morgan fingerprint density at radius 2 is 1.81 bits per heavy atom. The molecule has 0 heterocycles. The molecule has 0 saturated carbocycles. The Kier molecular flexibility index (Phi) is 7.48. The Hall–Kier alpha value is -2.53. The van der Waals surface area contributed by atoms with Crippen LogP contribution >= 0.6 is 11.6 Å². The minimum atomic E-state index is -0.0695. The van der Waals surface area contributed by atoms with Crippen molar-refractivity contribution in [2.75, 3.05) is 19.0 Å². The maximum Gasteiger partial charge on any atom is 0.224 e. The minimum Gasteiger partial charge on any atom is -0.494 e. The van der Waals surface area contributed by atoms with Crippen LogP contribution in [0.4, 0.5) is 5.69 Å². The van der Waals surface area contributed by atoms with Crippen molar-refractivity contribution in [1.29, 1.82) is 0 Å². The number of amides is 2. The topological polar surface area (TPSA) is 67.4 Å². The highest BCUT2D eigenvalue weighted by atomic mass is 35.5. The van der Waals surface area contributed by atoms with Gasteiger partial charge in [0.15, 0.2) is 0 Å². The molecule has 0 unspecified atom stereocenters. The van der Waals surface area contributed by atoms with Crippen molar-refractivity contribution in [3.63, 3.8) is 0 Å². The van der Waals surface area contributed by atoms with E-state index in [4.69, 9.17) is 16.3 Å². The van der Waals surface area contributed by atoms with E-state index < -0.39 is 0 Å². The summed E-state index contributed by atoms with van der Waals surface area (Å²) in [5.41, 5.74) is 2.57. The van der Waals surface area contributed by atoms with Gasteiger partial charge >= 0.3 is 0 Å². The molecule has 5 nitrogen and oxygen atoms in total. The summed E-state index contributed by atoms with van der Waals surface area (Å²) in [7, 11) is 1.61. The molecular weight excluding hydrogens is 352 g/mol. The van der Waals surface area contributed by atoms with Crippen LogP contribution in [-0.2, 0) is 16.0 Å². The molecule has 6 heteroatoms. The zero-order valence-electron chi connectivity index (χ0n) is 15.0. The van der Waals surface area contributed by atoms with Crippen LogP contribution in [0, 0.1) is 6.92 Å². The summed E-state index contributed by atoms with van der Waals surface area (Å²) in [4.78, 5) is 23.3. The maximum atomic E-state index is 12.0. The van der Waals surface area contributed by atoms with Crippen LogP contribution in [0.5, 0.6) is 5.75 Å². The lowest BCUT2D eigenvalue weighted by Gasteiger charge is -2.09. The molecule has 0 atom stereocenters. The van der Waals surface area contributed by atoms with E-state index in [9.17, 15) is 9.59 Å². The Morgan fingerprint density at radius 3 is 2.46 bits per heavy atom. The van der Waals surface area contributed by atoms with Gasteiger partial charge in [-0.3, -0.25) is 9.59 Å². The first-order valence-corrected chi connectivity index (χ1v) is 8.84. The number of hydrogen-bond donors (Lipinski definition) is 2. The zero-order valence-corrected chi connectivity index (χ0v) is 15.7. The molecule has 2 N–H and O–H groups in total. The van der Waals surface area contributed by atoms with Gasteiger partial charge in [0.1, 0.15) is 5.75 Å². The average Bonchev–Trinajstić information content (AvgIpc) is 2.63. The summed E-state index contributed by atoms with van der Waals surface area (Å²) < 4.78 is 5.63. The van der Waals surface area contributed by atoms with Gasteiger partial charge in [-0.05, 0) is 54.8 Å². The Balaban J connectivity index is 1.71. The third kappa shape index (κ3) is 6.41. The summed E-state index contributed by atoms with van der Waals surface area (Å²) in [6, 6.07) is 12.7. The third-order valence-electron chi connectivity index (χ3n) is 3.83. The van der Waals surface area contributed by atoms with Gasteiger partial charge in [-0.2, -0.15) is 0 Å². The summed E-state index contributed by atoms with van der Waals surface area (Å²) >= 11 is 5.97. The zero-order chi connectivity index (χ0) is 18.9. The number of hydrogen-bond acceptors (Lipinski definition) is 3. The van der Waals surface area contributed by atoms with Crippen LogP contribution in [0.15, 0.2) is 42.5 Å². The molecule has 2 amide bonds. The Labute approximate surface area is 158 Å². The molecule has 0 aliphatic rings. The number of likely N-dealkylation sites (N-methyl/N-ethyl adjacent to an activating group) is 1. The van der Waals surface area contributed by atoms with E-state index in [1.807, 2.05) is 31.2 Å². The van der Waals surface area contributed by atoms with Crippen molar-refractivity contribution in [2.24, 2.45) is 0 Å². The van der Waals surface area contributed by atoms with Crippen molar-refractivity contribution in [2.45, 2.75) is 26.2 Å². The van der Waals surface area contributed by atoms with E-state index in [0.717, 1.165) is 16.9 Å². The first-order valence-electron chi connectivity index (χ1n) is 8.46. The van der Waals surface area contributed by atoms with Gasteiger partial charge in [-0.1, -0.05) is 23.7 Å². The second-order valence-electron chi connectivity index (χ2n) is 5.96. The molecule has 0 aromatic heterocycles. The summed E-state index contributed by atoms with van der Waals surface area (Å²) in [5, 5.41) is 6.13. The predicted molar refractivity (Wildman–Crippen MR) is 104 cm³/mol. The third-order valence-corrected chi connectivity index (χ3v) is 4.25. The monoisotopic (exact) mass is 374 g/mol. The number of benzene rings is 2. The Morgan fingerprint density at radius 1 is 1.08 bits per heavy atom. The first kappa shape index (κ1) is 19.8. The van der Waals surface area contributed by atoms with Gasteiger partial charge in [-0.25, -0.2) is 0 Å². The number of carbonyl (C=O) groups excluding carboxylic acids is 2. The number of aryl methyl sites for hydroxylation is 1. The number of nitrogens with one attached hydrogen (secondary N) is 2. The number of rotatable bonds is 8. The van der Waals surface area contributed by atoms with Gasteiger partial charge in [0.05, 0.1) is 13.0 Å². The molecule has 2 aromatic rings. The van der Waals surface area contributed by atoms with E-state index in [1.54, 1.807) is 25.2 Å². The number of ether oxygens (including phenoxy) is 1. The minimum absolute atomic E-state index is 0.0438. The van der Waals surface area contributed by atoms with Crippen LogP contribution < -0.4 is 15.4 Å². The smallest absolute Gasteiger partial charge is 0.224 e. The van der Waals surface area contributed by atoms with Gasteiger partial charge in [0.25, 0.3) is 0 Å². The van der Waals surface area contributed by atoms with Gasteiger partial charge in [-0.15, -0.1) is 0 Å². The lowest BCUT2D eigenvalue weighted by atomic mass is 10.1. The fraction of sp³-hybridized carbons (Fsp3) is 0.300. The highest BCUT2D eigenvalue weighted by Crippen LogP contribution is 2.21. The first-order chi connectivity index (χ1) is 12.5. The van der Waals surface area contributed by atoms with E-state index >= 15 is 0 Å². The fourth-order valence-electron chi connectivity index (χ4n) is 2.33. The molecule has 0 spiro atoms. The number of anilines is 1. The average molecular weight is 375 g/mol. The van der Waals surface area contributed by atoms with Crippen LogP contribution in [0.3, 0.4) is 0 Å². The standard InChI is InChI=1S/C20H23ClN2O3/c1-14-12-17(9-10-18(14)21)26-11-3-4-19(24)23-16-7-5-15(6-8-16)13-20(25)22-2/h5-10,12H,3-4,11,13H2,1-2H3,(H,22,25)(H,23,24). The van der Waals surface area contributed by atoms with Crippen molar-refractivity contribution >= 4 is 29.1 Å². The molecule has 2 aromatic carbocycles. The quantitative estimate of drug-likeness (QED) is 0.692. The normalized spacial score (nSPS) is 10.3. The molecule has 138 valence electrons. The van der Waals surface area contributed by atoms with Crippen molar-refractivity contribution < 1.29 is 14.3 Å². The highest BCUT2D eigenvalue weighted by molar-refractivity contribution is 6.31. The summed E-state index contributed by atoms with van der Waals surface area (Å²) in [6.45, 7) is 2.38. The second-order valence-corrected chi connectivity index (χ2v) is 6.37. The van der Waals surface area contributed by atoms with Gasteiger partial charge in [0.2, 0.25) is 11.8 Å². The van der Waals surface area contributed by atoms with E-state index in [-0.39, 0.29) is 11.8 Å². The second kappa shape index (κ2) is 9.82. The number of halogens is 1. The lowest BCUT2D eigenvalue weighted by Crippen LogP contribution is -2.19. The summed E-state index contributed by atoms with van der Waals surface area (Å²) in [5.74, 6) is 0.636. The molecule has 26 heavy (non-hydrogen) atoms. The Bertz CT molecular complexity index is 760. The molecule has 0 saturated heterocycles. The SMILES string of the molecule is CNC(=O)Cc1ccc(NC(=O)CCCOc2ccc(Cl)c(C)c2)cc1. The van der Waals surface area contributed by atoms with Crippen molar-refractivity contribution in [3.05, 3.63) is 58.6 Å². The van der Waals surface area contributed by atoms with Gasteiger partial charge in [0, 0.05) is 24.2 Å². The van der Waals surface area contributed by atoms with E-state index in [2.05, 4.69) is 10.6 Å². The number of carbonyl (C=O) groups is 2. The highest BCUT2D eigenvalue weighted by Gasteiger charge is 2.05. The van der Waals surface area contributed by atoms with Crippen molar-refractivity contribution in [3.8, 4) is 5.75 Å². The molecule has 0 radical (unpaired) electrons. The van der Waals surface area contributed by atoms with Crippen LogP contribution in [-0.4, -0.2) is 25.5 Å². The predicted octanol–water partition coefficient (Wildman–Crippen LogP) is 3.73. The lowest BCUT2D eigenvalue weighted by molar-refractivity contribution is -0.120. The van der Waals surface area contributed by atoms with E-state index in [1.165, 1.54) is 0 Å². The van der Waals surface area contributed by atoms with Crippen molar-refractivity contribution in [1.82, 2.24) is 5.32 Å². The molecule has 0 aliphatic carbocycles. The van der Waals surface area contributed by atoms with E-state index in [0.29, 0.717) is 36.6 Å². The van der Waals surface area contributed by atoms with Crippen LogP contribution in [0.1, 0.15) is 24.0 Å². The molecule has 0 aliphatic heterocycles. The molecule has 0 fully saturated rings. The molecule has 0 bridgehead atoms. The maximum absolute atomic E-state index is 12.0.